The second kappa shape index (κ2) is 7.59. The van der Waals surface area contributed by atoms with Gasteiger partial charge in [-0.05, 0) is 67.7 Å². The van der Waals surface area contributed by atoms with Crippen molar-refractivity contribution >= 4 is 11.9 Å². The van der Waals surface area contributed by atoms with Crippen LogP contribution in [0.1, 0.15) is 38.2 Å². The summed E-state index contributed by atoms with van der Waals surface area (Å²) in [5.74, 6) is -0.508. The van der Waals surface area contributed by atoms with Crippen molar-refractivity contribution in [1.82, 2.24) is 5.32 Å². The molecule has 1 spiro atoms. The van der Waals surface area contributed by atoms with Gasteiger partial charge < -0.3 is 29.7 Å². The van der Waals surface area contributed by atoms with Crippen molar-refractivity contribution in [3.05, 3.63) is 47.6 Å². The van der Waals surface area contributed by atoms with E-state index in [2.05, 4.69) is 11.9 Å². The maximum absolute atomic E-state index is 14.1. The molecule has 4 fully saturated rings. The molecule has 1 aliphatic heterocycles. The van der Waals surface area contributed by atoms with E-state index in [1.807, 2.05) is 18.2 Å². The summed E-state index contributed by atoms with van der Waals surface area (Å²) in [4.78, 5) is 27.2. The molecule has 4 aliphatic carbocycles. The highest BCUT2D eigenvalue weighted by molar-refractivity contribution is 5.87. The zero-order valence-corrected chi connectivity index (χ0v) is 20.9. The van der Waals surface area contributed by atoms with E-state index in [0.717, 1.165) is 16.7 Å². The Balaban J connectivity index is 1.40. The van der Waals surface area contributed by atoms with Crippen LogP contribution in [0, 0.1) is 28.6 Å². The molecule has 1 aromatic carbocycles. The molecule has 1 amide bonds. The number of allylic oxidation sites excluding steroid dienone is 1. The van der Waals surface area contributed by atoms with Crippen LogP contribution in [0.3, 0.4) is 0 Å². The van der Waals surface area contributed by atoms with Gasteiger partial charge in [-0.1, -0.05) is 12.2 Å². The van der Waals surface area contributed by atoms with Crippen LogP contribution >= 0.6 is 0 Å². The molecule has 4 bridgehead atoms. The number of carbonyl (C=O) groups excluding carboxylic acids is 2. The molecule has 192 valence electrons. The number of rotatable bonds is 5. The largest absolute Gasteiger partial charge is 0.497 e. The molecular weight excluding hydrogens is 462 g/mol. The third-order valence-electron chi connectivity index (χ3n) is 9.92. The highest BCUT2D eigenvalue weighted by Gasteiger charge is 2.75. The van der Waals surface area contributed by atoms with Gasteiger partial charge in [0, 0.05) is 24.1 Å². The van der Waals surface area contributed by atoms with E-state index >= 15 is 0 Å². The molecule has 0 radical (unpaired) electrons. The summed E-state index contributed by atoms with van der Waals surface area (Å²) in [5.41, 5.74) is -0.192. The first-order valence-corrected chi connectivity index (χ1v) is 12.6. The third kappa shape index (κ3) is 2.83. The van der Waals surface area contributed by atoms with E-state index < -0.39 is 46.4 Å². The predicted octanol–water partition coefficient (Wildman–Crippen LogP) is 2.28. The lowest BCUT2D eigenvalue weighted by atomic mass is 9.60. The predicted molar refractivity (Wildman–Crippen MR) is 129 cm³/mol. The molecule has 6 rings (SSSR count). The summed E-state index contributed by atoms with van der Waals surface area (Å²) in [6.07, 6.45) is 2.43. The van der Waals surface area contributed by atoms with Crippen molar-refractivity contribution in [2.24, 2.45) is 28.6 Å². The highest BCUT2D eigenvalue weighted by Crippen LogP contribution is 2.74. The van der Waals surface area contributed by atoms with Crippen LogP contribution in [0.2, 0.25) is 0 Å². The van der Waals surface area contributed by atoms with Crippen LogP contribution in [-0.4, -0.2) is 54.1 Å². The van der Waals surface area contributed by atoms with Crippen molar-refractivity contribution in [2.45, 2.75) is 57.0 Å². The molecule has 0 unspecified atom stereocenters. The summed E-state index contributed by atoms with van der Waals surface area (Å²) < 4.78 is 16.3. The van der Waals surface area contributed by atoms with E-state index in [9.17, 15) is 19.8 Å². The average molecular weight is 496 g/mol. The van der Waals surface area contributed by atoms with E-state index in [0.29, 0.717) is 37.2 Å². The first kappa shape index (κ1) is 23.6. The normalized spacial score (nSPS) is 41.8. The van der Waals surface area contributed by atoms with Gasteiger partial charge in [-0.15, -0.1) is 0 Å². The van der Waals surface area contributed by atoms with Crippen molar-refractivity contribution in [3.8, 4) is 11.5 Å². The Bertz CT molecular complexity index is 1210. The number of hydrogen-bond acceptors (Lipinski definition) is 7. The molecule has 3 N–H and O–H groups in total. The number of hydrogen-bond donors (Lipinski definition) is 3. The molecule has 1 heterocycles. The maximum atomic E-state index is 14.1. The number of esters is 1. The molecule has 1 aromatic rings. The zero-order valence-electron chi connectivity index (χ0n) is 20.9. The first-order chi connectivity index (χ1) is 17.1. The van der Waals surface area contributed by atoms with Crippen LogP contribution < -0.4 is 14.8 Å². The Labute approximate surface area is 210 Å². The van der Waals surface area contributed by atoms with Gasteiger partial charge in [0.25, 0.3) is 0 Å². The maximum Gasteiger partial charge on any atom is 0.315 e. The van der Waals surface area contributed by atoms with Crippen molar-refractivity contribution < 1.29 is 34.0 Å². The minimum atomic E-state index is -1.22. The summed E-state index contributed by atoms with van der Waals surface area (Å²) in [6, 6.07) is 5.42. The fourth-order valence-electron chi connectivity index (χ4n) is 8.17. The molecule has 1 saturated heterocycles. The van der Waals surface area contributed by atoms with Gasteiger partial charge in [0.1, 0.15) is 29.1 Å². The van der Waals surface area contributed by atoms with E-state index in [1.165, 1.54) is 0 Å². The molecule has 5 aliphatic rings. The van der Waals surface area contributed by atoms with Crippen LogP contribution in [0.25, 0.3) is 0 Å². The van der Waals surface area contributed by atoms with E-state index in [4.69, 9.17) is 14.2 Å². The summed E-state index contributed by atoms with van der Waals surface area (Å²) in [7, 11) is 3.15. The van der Waals surface area contributed by atoms with Gasteiger partial charge in [-0.3, -0.25) is 9.59 Å². The van der Waals surface area contributed by atoms with Gasteiger partial charge in [-0.2, -0.15) is 0 Å². The average Bonchev–Trinajstić information content (AvgIpc) is 3.30. The lowest BCUT2D eigenvalue weighted by Gasteiger charge is -2.42. The number of amides is 1. The van der Waals surface area contributed by atoms with E-state index in [1.54, 1.807) is 27.2 Å². The van der Waals surface area contributed by atoms with Crippen LogP contribution in [0.15, 0.2) is 42.0 Å². The van der Waals surface area contributed by atoms with Crippen LogP contribution in [-0.2, 0) is 20.9 Å². The zero-order chi connectivity index (χ0) is 25.6. The Hall–Kier alpha value is -2.84. The number of carbonyl (C=O) groups is 2. The molecule has 8 atom stereocenters. The first-order valence-electron chi connectivity index (χ1n) is 12.6. The van der Waals surface area contributed by atoms with Crippen molar-refractivity contribution in [2.75, 3.05) is 14.2 Å². The van der Waals surface area contributed by atoms with Gasteiger partial charge in [0.2, 0.25) is 5.91 Å². The number of ether oxygens (including phenoxy) is 3. The van der Waals surface area contributed by atoms with E-state index in [-0.39, 0.29) is 18.4 Å². The number of fused-ring (bicyclic) bond motifs is 6. The minimum Gasteiger partial charge on any atom is -0.497 e. The lowest BCUT2D eigenvalue weighted by Crippen LogP contribution is -2.52. The monoisotopic (exact) mass is 495 g/mol. The SMILES string of the molecule is C=C1C[C@]23C[C@@]1(O)CC[C@H]2C1=C[C@H]2OC(=O)[C@@](C)([C@H]1[C@@H]3C(=O)NCc1ccc(OC)cc1OC)[C@H]2O. The molecule has 8 nitrogen and oxygen atoms in total. The summed E-state index contributed by atoms with van der Waals surface area (Å²) >= 11 is 0. The van der Waals surface area contributed by atoms with Crippen molar-refractivity contribution in [1.29, 1.82) is 0 Å². The molecular formula is C28H33NO7. The number of benzene rings is 1. The van der Waals surface area contributed by atoms with Gasteiger partial charge in [-0.25, -0.2) is 0 Å². The quantitative estimate of drug-likeness (QED) is 0.424. The Morgan fingerprint density at radius 1 is 1.31 bits per heavy atom. The molecule has 8 heteroatoms. The number of nitrogens with one attached hydrogen (secondary N) is 1. The van der Waals surface area contributed by atoms with Gasteiger partial charge >= 0.3 is 5.97 Å². The topological polar surface area (TPSA) is 114 Å². The Morgan fingerprint density at radius 2 is 2.08 bits per heavy atom. The minimum absolute atomic E-state index is 0.0251. The number of aliphatic hydroxyl groups is 2. The number of methoxy groups -OCH3 is 2. The Morgan fingerprint density at radius 3 is 2.81 bits per heavy atom. The third-order valence-corrected chi connectivity index (χ3v) is 9.92. The summed E-state index contributed by atoms with van der Waals surface area (Å²) in [6.45, 7) is 6.15. The fraction of sp³-hybridized carbons (Fsp3) is 0.571. The van der Waals surface area contributed by atoms with Crippen molar-refractivity contribution in [3.63, 3.8) is 0 Å². The standard InChI is InChI=1S/C28H33NO7/c1-14-11-27-13-28(14,33)8-7-18(27)17-10-20-23(30)26(2,25(32)36-20)21(17)22(27)24(31)29-12-15-5-6-16(34-3)9-19(15)35-4/h5-6,9-10,18,20-23,30,33H,1,7-8,11-13H2,2-4H3,(H,29,31)/t18-,20+,21+,22+,23-,26-,27-,28-/m0/s1. The smallest absolute Gasteiger partial charge is 0.315 e. The Kier molecular flexibility index (Phi) is 4.96. The van der Waals surface area contributed by atoms with Gasteiger partial charge in [0.15, 0.2) is 0 Å². The second-order valence-corrected chi connectivity index (χ2v) is 11.4. The number of aliphatic hydroxyl groups excluding tert-OH is 1. The molecule has 36 heavy (non-hydrogen) atoms. The second-order valence-electron chi connectivity index (χ2n) is 11.4. The van der Waals surface area contributed by atoms with Gasteiger partial charge in [0.05, 0.1) is 25.7 Å². The van der Waals surface area contributed by atoms with Crippen LogP contribution in [0.4, 0.5) is 0 Å². The molecule has 3 saturated carbocycles. The van der Waals surface area contributed by atoms with Crippen LogP contribution in [0.5, 0.6) is 11.5 Å². The lowest BCUT2D eigenvalue weighted by molar-refractivity contribution is -0.151. The fourth-order valence-corrected chi connectivity index (χ4v) is 8.17. The summed E-state index contributed by atoms with van der Waals surface area (Å²) in [5, 5.41) is 25.6. The molecule has 0 aromatic heterocycles. The highest BCUT2D eigenvalue weighted by atomic mass is 16.6.